The molecular weight excluding hydrogens is 334 g/mol. The van der Waals surface area contributed by atoms with Crippen molar-refractivity contribution in [1.29, 1.82) is 0 Å². The van der Waals surface area contributed by atoms with E-state index < -0.39 is 0 Å². The molecule has 1 heterocycles. The molecule has 1 aliphatic heterocycles. The SMILES string of the molecule is CN=C(NCCCOCC1CCOC1)NCc1cccc(OC)c1OC. The molecule has 2 rings (SSSR count). The largest absolute Gasteiger partial charge is 0.493 e. The third kappa shape index (κ3) is 6.38. The number of guanidine groups is 1. The number of rotatable bonds is 10. The third-order valence-corrected chi connectivity index (χ3v) is 4.29. The predicted molar refractivity (Wildman–Crippen MR) is 102 cm³/mol. The average molecular weight is 365 g/mol. The summed E-state index contributed by atoms with van der Waals surface area (Å²) in [6, 6.07) is 5.83. The van der Waals surface area contributed by atoms with Crippen LogP contribution in [0.15, 0.2) is 23.2 Å². The number of nitrogens with one attached hydrogen (secondary N) is 2. The first-order valence-electron chi connectivity index (χ1n) is 9.08. The van der Waals surface area contributed by atoms with Gasteiger partial charge < -0.3 is 29.6 Å². The van der Waals surface area contributed by atoms with Gasteiger partial charge in [-0.25, -0.2) is 0 Å². The van der Waals surface area contributed by atoms with Gasteiger partial charge >= 0.3 is 0 Å². The van der Waals surface area contributed by atoms with Gasteiger partial charge in [0.2, 0.25) is 0 Å². The summed E-state index contributed by atoms with van der Waals surface area (Å²) in [5.41, 5.74) is 1.01. The third-order valence-electron chi connectivity index (χ3n) is 4.29. The first kappa shape index (κ1) is 20.3. The Morgan fingerprint density at radius 1 is 1.27 bits per heavy atom. The van der Waals surface area contributed by atoms with E-state index >= 15 is 0 Å². The van der Waals surface area contributed by atoms with E-state index in [-0.39, 0.29) is 0 Å². The van der Waals surface area contributed by atoms with Crippen molar-refractivity contribution in [3.63, 3.8) is 0 Å². The van der Waals surface area contributed by atoms with Gasteiger partial charge in [-0.1, -0.05) is 12.1 Å². The summed E-state index contributed by atoms with van der Waals surface area (Å²) in [6.07, 6.45) is 2.04. The van der Waals surface area contributed by atoms with E-state index in [2.05, 4.69) is 15.6 Å². The quantitative estimate of drug-likeness (QED) is 0.374. The van der Waals surface area contributed by atoms with Crippen molar-refractivity contribution < 1.29 is 18.9 Å². The first-order valence-corrected chi connectivity index (χ1v) is 9.08. The highest BCUT2D eigenvalue weighted by atomic mass is 16.5. The van der Waals surface area contributed by atoms with Crippen molar-refractivity contribution in [3.8, 4) is 11.5 Å². The van der Waals surface area contributed by atoms with E-state index in [4.69, 9.17) is 18.9 Å². The minimum Gasteiger partial charge on any atom is -0.493 e. The van der Waals surface area contributed by atoms with Gasteiger partial charge in [0, 0.05) is 44.8 Å². The molecule has 0 bridgehead atoms. The maximum atomic E-state index is 5.71. The van der Waals surface area contributed by atoms with Crippen molar-refractivity contribution >= 4 is 5.96 Å². The van der Waals surface area contributed by atoms with E-state index in [0.717, 1.165) is 68.8 Å². The molecule has 1 aromatic rings. The number of hydrogen-bond acceptors (Lipinski definition) is 5. The molecule has 0 spiro atoms. The number of hydrogen-bond donors (Lipinski definition) is 2. The summed E-state index contributed by atoms with van der Waals surface area (Å²) in [5, 5.41) is 6.59. The molecule has 2 N–H and O–H groups in total. The fourth-order valence-electron chi connectivity index (χ4n) is 2.84. The van der Waals surface area contributed by atoms with Gasteiger partial charge in [-0.3, -0.25) is 4.99 Å². The van der Waals surface area contributed by atoms with Crippen molar-refractivity contribution in [2.45, 2.75) is 19.4 Å². The van der Waals surface area contributed by atoms with Gasteiger partial charge in [0.25, 0.3) is 0 Å². The Balaban J connectivity index is 1.66. The molecule has 0 saturated carbocycles. The molecule has 1 saturated heterocycles. The normalized spacial score (nSPS) is 17.2. The topological polar surface area (TPSA) is 73.3 Å². The Kier molecular flexibility index (Phi) is 9.06. The number of methoxy groups -OCH3 is 2. The van der Waals surface area contributed by atoms with Gasteiger partial charge in [0.15, 0.2) is 17.5 Å². The molecule has 1 unspecified atom stereocenters. The zero-order chi connectivity index (χ0) is 18.6. The molecule has 26 heavy (non-hydrogen) atoms. The molecule has 7 nitrogen and oxygen atoms in total. The van der Waals surface area contributed by atoms with Crippen LogP contribution in [0.4, 0.5) is 0 Å². The molecule has 0 radical (unpaired) electrons. The fourth-order valence-corrected chi connectivity index (χ4v) is 2.84. The molecule has 1 aromatic carbocycles. The van der Waals surface area contributed by atoms with E-state index in [9.17, 15) is 0 Å². The minimum absolute atomic E-state index is 0.565. The molecule has 1 fully saturated rings. The molecule has 0 aliphatic carbocycles. The Bertz CT molecular complexity index is 560. The lowest BCUT2D eigenvalue weighted by Crippen LogP contribution is -2.37. The molecule has 146 valence electrons. The van der Waals surface area contributed by atoms with Gasteiger partial charge in [0.1, 0.15) is 0 Å². The van der Waals surface area contributed by atoms with Crippen LogP contribution in [0.1, 0.15) is 18.4 Å². The highest BCUT2D eigenvalue weighted by molar-refractivity contribution is 5.79. The lowest BCUT2D eigenvalue weighted by molar-refractivity contribution is 0.0888. The van der Waals surface area contributed by atoms with Crippen molar-refractivity contribution in [2.75, 3.05) is 54.2 Å². The smallest absolute Gasteiger partial charge is 0.191 e. The molecular formula is C19H31N3O4. The highest BCUT2D eigenvalue weighted by Crippen LogP contribution is 2.30. The van der Waals surface area contributed by atoms with E-state index in [1.807, 2.05) is 18.2 Å². The number of benzene rings is 1. The van der Waals surface area contributed by atoms with E-state index in [1.54, 1.807) is 21.3 Å². The standard InChI is InChI=1S/C19H31N3O4/c1-20-19(21-9-5-10-25-13-15-8-11-26-14-15)22-12-16-6-4-7-17(23-2)18(16)24-3/h4,6-7,15H,5,8-14H2,1-3H3,(H2,20,21,22). The second kappa shape index (κ2) is 11.6. The van der Waals surface area contributed by atoms with Crippen LogP contribution >= 0.6 is 0 Å². The maximum absolute atomic E-state index is 5.71. The Hall–Kier alpha value is -1.99. The number of nitrogens with zero attached hydrogens (tertiary/aromatic N) is 1. The highest BCUT2D eigenvalue weighted by Gasteiger charge is 2.15. The van der Waals surface area contributed by atoms with Gasteiger partial charge in [-0.2, -0.15) is 0 Å². The van der Waals surface area contributed by atoms with Crippen LogP contribution in [-0.2, 0) is 16.0 Å². The van der Waals surface area contributed by atoms with Crippen molar-refractivity contribution in [1.82, 2.24) is 10.6 Å². The van der Waals surface area contributed by atoms with Gasteiger partial charge in [0.05, 0.1) is 27.4 Å². The summed E-state index contributed by atoms with van der Waals surface area (Å²) >= 11 is 0. The van der Waals surface area contributed by atoms with Crippen LogP contribution in [-0.4, -0.2) is 60.2 Å². The molecule has 1 aliphatic rings. The summed E-state index contributed by atoms with van der Waals surface area (Å²) in [5.74, 6) is 2.77. The van der Waals surface area contributed by atoms with Crippen LogP contribution in [0.3, 0.4) is 0 Å². The summed E-state index contributed by atoms with van der Waals surface area (Å²) in [4.78, 5) is 4.25. The number of para-hydroxylation sites is 1. The second-order valence-electron chi connectivity index (χ2n) is 6.16. The number of aliphatic imine (C=N–C) groups is 1. The fraction of sp³-hybridized carbons (Fsp3) is 0.632. The van der Waals surface area contributed by atoms with Gasteiger partial charge in [-0.15, -0.1) is 0 Å². The monoisotopic (exact) mass is 365 g/mol. The molecule has 0 amide bonds. The van der Waals surface area contributed by atoms with Crippen molar-refractivity contribution in [3.05, 3.63) is 23.8 Å². The lowest BCUT2D eigenvalue weighted by Gasteiger charge is -2.15. The van der Waals surface area contributed by atoms with E-state index in [1.165, 1.54) is 0 Å². The van der Waals surface area contributed by atoms with Crippen LogP contribution < -0.4 is 20.1 Å². The van der Waals surface area contributed by atoms with Crippen molar-refractivity contribution in [2.24, 2.45) is 10.9 Å². The maximum Gasteiger partial charge on any atom is 0.191 e. The number of ether oxygens (including phenoxy) is 4. The van der Waals surface area contributed by atoms with Crippen LogP contribution in [0.25, 0.3) is 0 Å². The Labute approximate surface area is 156 Å². The zero-order valence-corrected chi connectivity index (χ0v) is 16.0. The second-order valence-corrected chi connectivity index (χ2v) is 6.16. The first-order chi connectivity index (χ1) is 12.8. The summed E-state index contributed by atoms with van der Waals surface area (Å²) < 4.78 is 21.8. The molecule has 7 heteroatoms. The Morgan fingerprint density at radius 3 is 2.85 bits per heavy atom. The Morgan fingerprint density at radius 2 is 2.15 bits per heavy atom. The predicted octanol–water partition coefficient (Wildman–Crippen LogP) is 1.81. The zero-order valence-electron chi connectivity index (χ0n) is 16.0. The summed E-state index contributed by atoms with van der Waals surface area (Å²) in [6.45, 7) is 4.64. The van der Waals surface area contributed by atoms with Crippen LogP contribution in [0.5, 0.6) is 11.5 Å². The molecule has 0 aromatic heterocycles. The lowest BCUT2D eigenvalue weighted by atomic mass is 10.1. The van der Waals surface area contributed by atoms with Gasteiger partial charge in [-0.05, 0) is 18.9 Å². The average Bonchev–Trinajstić information content (AvgIpc) is 3.19. The minimum atomic E-state index is 0.565. The van der Waals surface area contributed by atoms with Crippen LogP contribution in [0.2, 0.25) is 0 Å². The summed E-state index contributed by atoms with van der Waals surface area (Å²) in [7, 11) is 5.04. The van der Waals surface area contributed by atoms with Crippen LogP contribution in [0, 0.1) is 5.92 Å². The van der Waals surface area contributed by atoms with E-state index in [0.29, 0.717) is 12.5 Å². The molecule has 1 atom stereocenters.